The lowest BCUT2D eigenvalue weighted by molar-refractivity contribution is -0.143. The fourth-order valence-electron chi connectivity index (χ4n) is 11.6. The van der Waals surface area contributed by atoms with Gasteiger partial charge in [-0.2, -0.15) is 0 Å². The van der Waals surface area contributed by atoms with Gasteiger partial charge in [-0.15, -0.1) is 0 Å². The van der Waals surface area contributed by atoms with Gasteiger partial charge in [0.15, 0.2) is 0 Å². The number of hydrogen-bond acceptors (Lipinski definition) is 5. The van der Waals surface area contributed by atoms with Crippen LogP contribution in [0.15, 0.2) is 24.3 Å². The molecule has 2 atom stereocenters. The second kappa shape index (κ2) is 69.8. The van der Waals surface area contributed by atoms with Crippen molar-refractivity contribution >= 4 is 11.9 Å². The van der Waals surface area contributed by atoms with E-state index in [0.717, 1.165) is 44.9 Å². The summed E-state index contributed by atoms with van der Waals surface area (Å²) in [6, 6.07) is -0.548. The van der Waals surface area contributed by atoms with Crippen molar-refractivity contribution in [1.29, 1.82) is 0 Å². The molecule has 6 heteroatoms. The van der Waals surface area contributed by atoms with Crippen molar-refractivity contribution in [2.45, 2.75) is 424 Å². The van der Waals surface area contributed by atoms with Crippen LogP contribution in [-0.2, 0) is 14.3 Å². The number of esters is 1. The van der Waals surface area contributed by atoms with Gasteiger partial charge in [-0.05, 0) is 77.0 Å². The summed E-state index contributed by atoms with van der Waals surface area (Å²) < 4.78 is 5.51. The molecule has 0 aliphatic carbocycles. The lowest BCUT2D eigenvalue weighted by Crippen LogP contribution is -2.45. The summed E-state index contributed by atoms with van der Waals surface area (Å²) in [6.07, 6.45) is 88.0. The molecule has 0 radical (unpaired) electrons. The fourth-order valence-corrected chi connectivity index (χ4v) is 11.6. The van der Waals surface area contributed by atoms with E-state index in [1.165, 1.54) is 334 Å². The quantitative estimate of drug-likeness (QED) is 0.0320. The van der Waals surface area contributed by atoms with Crippen LogP contribution in [0.1, 0.15) is 412 Å². The average Bonchev–Trinajstić information content (AvgIpc) is 3.46. The number of rotatable bonds is 69. The van der Waals surface area contributed by atoms with Gasteiger partial charge in [-0.3, -0.25) is 9.59 Å². The van der Waals surface area contributed by atoms with Crippen molar-refractivity contribution in [3.05, 3.63) is 24.3 Å². The van der Waals surface area contributed by atoms with Crippen molar-refractivity contribution < 1.29 is 24.5 Å². The van der Waals surface area contributed by atoms with E-state index in [-0.39, 0.29) is 18.5 Å². The summed E-state index contributed by atoms with van der Waals surface area (Å²) in [4.78, 5) is 24.7. The molecule has 0 aliphatic heterocycles. The van der Waals surface area contributed by atoms with Crippen molar-refractivity contribution in [3.63, 3.8) is 0 Å². The minimum Gasteiger partial charge on any atom is -0.466 e. The second-order valence-electron chi connectivity index (χ2n) is 25.3. The molecule has 80 heavy (non-hydrogen) atoms. The van der Waals surface area contributed by atoms with Crippen molar-refractivity contribution in [2.24, 2.45) is 0 Å². The van der Waals surface area contributed by atoms with Gasteiger partial charge in [-0.25, -0.2) is 0 Å². The number of carbonyl (C=O) groups excluding carboxylic acids is 2. The average molecular weight is 1130 g/mol. The first kappa shape index (κ1) is 78.3. The molecule has 0 aromatic heterocycles. The fraction of sp³-hybridized carbons (Fsp3) is 0.919. The normalized spacial score (nSPS) is 12.6. The molecule has 6 nitrogen and oxygen atoms in total. The maximum absolute atomic E-state index is 12.6. The van der Waals surface area contributed by atoms with Gasteiger partial charge in [0, 0.05) is 12.8 Å². The number of amides is 1. The number of carbonyl (C=O) groups is 2. The smallest absolute Gasteiger partial charge is 0.305 e. The Morgan fingerprint density at radius 2 is 0.588 bits per heavy atom. The van der Waals surface area contributed by atoms with E-state index in [2.05, 4.69) is 43.5 Å². The van der Waals surface area contributed by atoms with Crippen LogP contribution in [0.5, 0.6) is 0 Å². The third-order valence-corrected chi connectivity index (χ3v) is 17.2. The Morgan fingerprint density at radius 1 is 0.338 bits per heavy atom. The van der Waals surface area contributed by atoms with Gasteiger partial charge in [0.05, 0.1) is 25.4 Å². The SMILES string of the molecule is CCCCCCCC/C=C\CCCCCCCCCCCC(=O)OCCCCCCCCCCCCC/C=C\CCCCCCCCCC(=O)NC(CO)C(O)CCCCCCCCCCCCCCCCCCCCCCCC. The number of nitrogens with one attached hydrogen (secondary N) is 1. The number of unbranched alkanes of at least 4 members (excludes halogenated alkanes) is 54. The molecular weight excluding hydrogens is 983 g/mol. The van der Waals surface area contributed by atoms with Gasteiger partial charge < -0.3 is 20.3 Å². The number of ether oxygens (including phenoxy) is 1. The highest BCUT2D eigenvalue weighted by atomic mass is 16.5. The minimum absolute atomic E-state index is 0.0107. The van der Waals surface area contributed by atoms with E-state index in [1.807, 2.05) is 0 Å². The monoisotopic (exact) mass is 1130 g/mol. The zero-order chi connectivity index (χ0) is 57.8. The van der Waals surface area contributed by atoms with E-state index in [0.29, 0.717) is 25.9 Å². The molecule has 0 bridgehead atoms. The van der Waals surface area contributed by atoms with Gasteiger partial charge in [0.2, 0.25) is 5.91 Å². The maximum Gasteiger partial charge on any atom is 0.305 e. The van der Waals surface area contributed by atoms with Gasteiger partial charge in [-0.1, -0.05) is 346 Å². The van der Waals surface area contributed by atoms with Gasteiger partial charge in [0.1, 0.15) is 0 Å². The molecule has 3 N–H and O–H groups in total. The zero-order valence-corrected chi connectivity index (χ0v) is 54.3. The van der Waals surface area contributed by atoms with Crippen molar-refractivity contribution in [3.8, 4) is 0 Å². The molecule has 474 valence electrons. The number of hydrogen-bond donors (Lipinski definition) is 3. The summed E-state index contributed by atoms with van der Waals surface area (Å²) in [6.45, 7) is 4.99. The molecule has 0 saturated carbocycles. The molecule has 0 aromatic rings. The Morgan fingerprint density at radius 3 is 0.887 bits per heavy atom. The first-order valence-corrected chi connectivity index (χ1v) is 36.6. The lowest BCUT2D eigenvalue weighted by Gasteiger charge is -2.22. The summed E-state index contributed by atoms with van der Waals surface area (Å²) in [5, 5.41) is 23.4. The predicted octanol–water partition coefficient (Wildman–Crippen LogP) is 23.7. The summed E-state index contributed by atoms with van der Waals surface area (Å²) in [7, 11) is 0. The van der Waals surface area contributed by atoms with E-state index in [4.69, 9.17) is 4.74 Å². The van der Waals surface area contributed by atoms with Crippen LogP contribution in [-0.4, -0.2) is 47.4 Å². The molecule has 0 heterocycles. The van der Waals surface area contributed by atoms with Crippen LogP contribution in [0.2, 0.25) is 0 Å². The second-order valence-corrected chi connectivity index (χ2v) is 25.3. The maximum atomic E-state index is 12.6. The number of allylic oxidation sites excluding steroid dienone is 4. The molecule has 0 fully saturated rings. The molecule has 0 aromatic carbocycles. The van der Waals surface area contributed by atoms with Crippen molar-refractivity contribution in [2.75, 3.05) is 13.2 Å². The van der Waals surface area contributed by atoms with Crippen LogP contribution in [0.3, 0.4) is 0 Å². The lowest BCUT2D eigenvalue weighted by atomic mass is 10.0. The van der Waals surface area contributed by atoms with Crippen molar-refractivity contribution in [1.82, 2.24) is 5.32 Å². The van der Waals surface area contributed by atoms with Gasteiger partial charge >= 0.3 is 5.97 Å². The number of aliphatic hydroxyl groups is 2. The Labute approximate surface area is 501 Å². The Hall–Kier alpha value is -1.66. The Balaban J connectivity index is 3.40. The third-order valence-electron chi connectivity index (χ3n) is 17.2. The molecule has 2 unspecified atom stereocenters. The van der Waals surface area contributed by atoms with E-state index >= 15 is 0 Å². The molecule has 0 spiro atoms. The topological polar surface area (TPSA) is 95.9 Å². The van der Waals surface area contributed by atoms with E-state index < -0.39 is 12.1 Å². The largest absolute Gasteiger partial charge is 0.466 e. The molecule has 0 rings (SSSR count). The Bertz CT molecular complexity index is 1250. The first-order valence-electron chi connectivity index (χ1n) is 36.6. The first-order chi connectivity index (χ1) is 39.5. The summed E-state index contributed by atoms with van der Waals surface area (Å²) in [5.74, 6) is -0.0267. The molecule has 0 saturated heterocycles. The zero-order valence-electron chi connectivity index (χ0n) is 54.3. The van der Waals surface area contributed by atoms with E-state index in [9.17, 15) is 19.8 Å². The third kappa shape index (κ3) is 65.5. The highest BCUT2D eigenvalue weighted by Crippen LogP contribution is 2.19. The Kier molecular flexibility index (Phi) is 68.4. The molecule has 0 aliphatic rings. The minimum atomic E-state index is -0.670. The van der Waals surface area contributed by atoms with Crippen LogP contribution in [0.25, 0.3) is 0 Å². The summed E-state index contributed by atoms with van der Waals surface area (Å²) >= 11 is 0. The molecular formula is C74H143NO5. The predicted molar refractivity (Wildman–Crippen MR) is 352 cm³/mol. The van der Waals surface area contributed by atoms with E-state index in [1.54, 1.807) is 0 Å². The highest BCUT2D eigenvalue weighted by Gasteiger charge is 2.20. The molecule has 1 amide bonds. The van der Waals surface area contributed by atoms with Crippen LogP contribution in [0.4, 0.5) is 0 Å². The van der Waals surface area contributed by atoms with Crippen LogP contribution in [0, 0.1) is 0 Å². The number of aliphatic hydroxyl groups excluding tert-OH is 2. The van der Waals surface area contributed by atoms with Crippen LogP contribution < -0.4 is 5.32 Å². The summed E-state index contributed by atoms with van der Waals surface area (Å²) in [5.41, 5.74) is 0. The van der Waals surface area contributed by atoms with Crippen LogP contribution >= 0.6 is 0 Å². The van der Waals surface area contributed by atoms with Gasteiger partial charge in [0.25, 0.3) is 0 Å². The standard InChI is InChI=1S/C74H143NO5/c1-3-5-7-9-11-13-15-17-19-21-23-24-27-31-34-38-42-46-50-54-58-62-66-72(77)71(70-76)75-73(78)67-63-59-55-51-47-43-39-35-32-28-25-26-29-33-37-41-45-49-53-57-61-65-69-80-74(79)68-64-60-56-52-48-44-40-36-30-22-20-18-16-14-12-10-8-6-4-2/h18,20,28,32,71-72,76-77H,3-17,19,21-27,29-31,33-70H2,1-2H3,(H,75,78)/b20-18-,32-28-. The highest BCUT2D eigenvalue weighted by molar-refractivity contribution is 5.76.